The largest absolute Gasteiger partial charge is 0.493 e. The molecule has 0 bridgehead atoms. The number of ether oxygens (including phenoxy) is 1. The summed E-state index contributed by atoms with van der Waals surface area (Å²) in [6.07, 6.45) is 18.1. The average Bonchev–Trinajstić information content (AvgIpc) is 2.79. The second-order valence-corrected chi connectivity index (χ2v) is 9.68. The summed E-state index contributed by atoms with van der Waals surface area (Å²) in [6, 6.07) is 13.8. The van der Waals surface area contributed by atoms with E-state index in [1.807, 2.05) is 0 Å². The van der Waals surface area contributed by atoms with Gasteiger partial charge in [0.05, 0.1) is 6.61 Å². The molecule has 0 aliphatic heterocycles. The van der Waals surface area contributed by atoms with E-state index < -0.39 is 0 Å². The minimum Gasteiger partial charge on any atom is -0.493 e. The molecule has 0 aromatic heterocycles. The minimum absolute atomic E-state index is 0.836. The highest BCUT2D eigenvalue weighted by Crippen LogP contribution is 2.26. The molecule has 2 rings (SSSR count). The van der Waals surface area contributed by atoms with Crippen LogP contribution in [0.5, 0.6) is 5.75 Å². The van der Waals surface area contributed by atoms with E-state index >= 15 is 0 Å². The van der Waals surface area contributed by atoms with Crippen molar-refractivity contribution in [1.82, 2.24) is 0 Å². The quantitative estimate of drug-likeness (QED) is 0.224. The first-order valence-corrected chi connectivity index (χ1v) is 13.4. The zero-order chi connectivity index (χ0) is 23.0. The van der Waals surface area contributed by atoms with E-state index in [1.165, 1.54) is 105 Å². The van der Waals surface area contributed by atoms with Gasteiger partial charge in [-0.3, -0.25) is 0 Å². The van der Waals surface area contributed by atoms with Gasteiger partial charge in [-0.05, 0) is 61.4 Å². The number of hydrogen-bond donors (Lipinski definition) is 0. The monoisotopic (exact) mass is 436 g/mol. The van der Waals surface area contributed by atoms with Gasteiger partial charge in [-0.1, -0.05) is 114 Å². The number of aryl methyl sites for hydroxylation is 3. The van der Waals surface area contributed by atoms with Gasteiger partial charge in [0.15, 0.2) is 0 Å². The summed E-state index contributed by atoms with van der Waals surface area (Å²) in [5.74, 6) is 1.09. The Morgan fingerprint density at radius 1 is 0.625 bits per heavy atom. The summed E-state index contributed by atoms with van der Waals surface area (Å²) in [5, 5.41) is 0. The second-order valence-electron chi connectivity index (χ2n) is 9.68. The highest BCUT2D eigenvalue weighted by Gasteiger charge is 2.09. The molecule has 0 heterocycles. The molecule has 2 aromatic carbocycles. The molecule has 0 amide bonds. The van der Waals surface area contributed by atoms with E-state index in [0.717, 1.165) is 25.2 Å². The van der Waals surface area contributed by atoms with E-state index in [2.05, 4.69) is 64.1 Å². The predicted molar refractivity (Wildman–Crippen MR) is 141 cm³/mol. The highest BCUT2D eigenvalue weighted by molar-refractivity contribution is 5.43. The maximum Gasteiger partial charge on any atom is 0.122 e. The van der Waals surface area contributed by atoms with Crippen molar-refractivity contribution in [3.8, 4) is 5.75 Å². The Morgan fingerprint density at radius 2 is 1.28 bits per heavy atom. The fourth-order valence-corrected chi connectivity index (χ4v) is 4.44. The molecule has 0 atom stereocenters. The van der Waals surface area contributed by atoms with Crippen molar-refractivity contribution in [1.29, 1.82) is 0 Å². The topological polar surface area (TPSA) is 9.23 Å². The lowest BCUT2D eigenvalue weighted by Gasteiger charge is -2.15. The van der Waals surface area contributed by atoms with Crippen LogP contribution in [0.15, 0.2) is 36.4 Å². The molecule has 0 aliphatic rings. The number of hydrogen-bond acceptors (Lipinski definition) is 1. The lowest BCUT2D eigenvalue weighted by Crippen LogP contribution is -2.03. The molecule has 0 unspecified atom stereocenters. The highest BCUT2D eigenvalue weighted by atomic mass is 16.5. The third kappa shape index (κ3) is 10.2. The van der Waals surface area contributed by atoms with E-state index in [0.29, 0.717) is 0 Å². The first-order chi connectivity index (χ1) is 15.6. The molecule has 178 valence electrons. The number of unbranched alkanes of at least 4 members (excludes halogenated alkanes) is 10. The maximum absolute atomic E-state index is 6.31. The van der Waals surface area contributed by atoms with Gasteiger partial charge in [0, 0.05) is 6.42 Å². The van der Waals surface area contributed by atoms with Crippen molar-refractivity contribution in [2.45, 2.75) is 118 Å². The van der Waals surface area contributed by atoms with Gasteiger partial charge in [0.2, 0.25) is 0 Å². The summed E-state index contributed by atoms with van der Waals surface area (Å²) in [4.78, 5) is 0. The van der Waals surface area contributed by atoms with Gasteiger partial charge in [0.1, 0.15) is 5.75 Å². The van der Waals surface area contributed by atoms with E-state index in [1.54, 1.807) is 0 Å². The van der Waals surface area contributed by atoms with Crippen LogP contribution in [0.2, 0.25) is 0 Å². The van der Waals surface area contributed by atoms with Gasteiger partial charge >= 0.3 is 0 Å². The van der Waals surface area contributed by atoms with Gasteiger partial charge in [-0.25, -0.2) is 0 Å². The standard InChI is InChI=1S/C31H48O/c1-5-7-9-11-13-15-17-28-20-21-31(32-22-16-14-12-10-8-6-2)30(24-28)25-29-23-26(3)18-19-27(29)4/h18-21,23-24H,5-17,22,25H2,1-4H3. The Hall–Kier alpha value is -1.76. The van der Waals surface area contributed by atoms with Gasteiger partial charge in [0.25, 0.3) is 0 Å². The molecule has 32 heavy (non-hydrogen) atoms. The second kappa shape index (κ2) is 15.9. The van der Waals surface area contributed by atoms with Gasteiger partial charge < -0.3 is 4.74 Å². The molecule has 0 aliphatic carbocycles. The van der Waals surface area contributed by atoms with Crippen LogP contribution >= 0.6 is 0 Å². The molecule has 1 nitrogen and oxygen atoms in total. The Morgan fingerprint density at radius 3 is 2.00 bits per heavy atom. The summed E-state index contributed by atoms with van der Waals surface area (Å²) in [5.41, 5.74) is 6.95. The van der Waals surface area contributed by atoms with Crippen molar-refractivity contribution in [3.05, 3.63) is 64.2 Å². The average molecular weight is 437 g/mol. The maximum atomic E-state index is 6.31. The Balaban J connectivity index is 1.99. The molecule has 1 heteroatoms. The smallest absolute Gasteiger partial charge is 0.122 e. The van der Waals surface area contributed by atoms with Crippen LogP contribution in [0.4, 0.5) is 0 Å². The van der Waals surface area contributed by atoms with Crippen molar-refractivity contribution in [2.24, 2.45) is 0 Å². The number of rotatable bonds is 17. The zero-order valence-electron chi connectivity index (χ0n) is 21.5. The molecule has 0 radical (unpaired) electrons. The van der Waals surface area contributed by atoms with Gasteiger partial charge in [-0.15, -0.1) is 0 Å². The van der Waals surface area contributed by atoms with Crippen molar-refractivity contribution in [2.75, 3.05) is 6.61 Å². The molecule has 0 saturated heterocycles. The summed E-state index contributed by atoms with van der Waals surface area (Å²) in [7, 11) is 0. The van der Waals surface area contributed by atoms with Crippen LogP contribution < -0.4 is 4.74 Å². The van der Waals surface area contributed by atoms with Crippen LogP contribution in [-0.4, -0.2) is 6.61 Å². The summed E-state index contributed by atoms with van der Waals surface area (Å²) in [6.45, 7) is 9.81. The van der Waals surface area contributed by atoms with Crippen molar-refractivity contribution >= 4 is 0 Å². The molecular weight excluding hydrogens is 388 g/mol. The molecule has 0 spiro atoms. The van der Waals surface area contributed by atoms with Gasteiger partial charge in [-0.2, -0.15) is 0 Å². The Bertz CT molecular complexity index is 761. The Kier molecular flexibility index (Phi) is 13.2. The summed E-state index contributed by atoms with van der Waals surface area (Å²) < 4.78 is 6.31. The minimum atomic E-state index is 0.836. The van der Waals surface area contributed by atoms with Crippen LogP contribution in [0.1, 0.15) is 119 Å². The van der Waals surface area contributed by atoms with Crippen molar-refractivity contribution in [3.63, 3.8) is 0 Å². The molecule has 0 N–H and O–H groups in total. The van der Waals surface area contributed by atoms with Crippen LogP contribution in [0.25, 0.3) is 0 Å². The van der Waals surface area contributed by atoms with Crippen LogP contribution in [0, 0.1) is 13.8 Å². The first-order valence-electron chi connectivity index (χ1n) is 13.4. The molecule has 0 fully saturated rings. The molecule has 2 aromatic rings. The number of benzene rings is 2. The fourth-order valence-electron chi connectivity index (χ4n) is 4.44. The molecule has 0 saturated carbocycles. The Labute approximate surface area is 199 Å². The van der Waals surface area contributed by atoms with Crippen molar-refractivity contribution < 1.29 is 4.74 Å². The van der Waals surface area contributed by atoms with E-state index in [-0.39, 0.29) is 0 Å². The first kappa shape index (κ1) is 26.5. The van der Waals surface area contributed by atoms with E-state index in [9.17, 15) is 0 Å². The SMILES string of the molecule is CCCCCCCCOc1ccc(CCCCCCCC)cc1Cc1cc(C)ccc1C. The lowest BCUT2D eigenvalue weighted by molar-refractivity contribution is 0.301. The predicted octanol–water partition coefficient (Wildman–Crippen LogP) is 9.54. The molecular formula is C31H48O. The zero-order valence-corrected chi connectivity index (χ0v) is 21.5. The normalized spacial score (nSPS) is 11.1. The van der Waals surface area contributed by atoms with Crippen LogP contribution in [-0.2, 0) is 12.8 Å². The van der Waals surface area contributed by atoms with E-state index in [4.69, 9.17) is 4.74 Å². The van der Waals surface area contributed by atoms with Crippen LogP contribution in [0.3, 0.4) is 0 Å². The third-order valence-corrected chi connectivity index (χ3v) is 6.58. The fraction of sp³-hybridized carbons (Fsp3) is 0.613. The third-order valence-electron chi connectivity index (χ3n) is 6.58. The lowest BCUT2D eigenvalue weighted by atomic mass is 9.95. The summed E-state index contributed by atoms with van der Waals surface area (Å²) >= 11 is 0.